The third-order valence-electron chi connectivity index (χ3n) is 1.80. The van der Waals surface area contributed by atoms with Crippen molar-refractivity contribution in [2.24, 2.45) is 0 Å². The number of halogens is 1. The van der Waals surface area contributed by atoms with E-state index in [1.54, 1.807) is 13.2 Å². The fraction of sp³-hybridized carbons (Fsp3) is 0.182. The topological polar surface area (TPSA) is 35.5 Å². The Morgan fingerprint density at radius 1 is 1.40 bits per heavy atom. The first-order valence-corrected chi connectivity index (χ1v) is 5.06. The fourth-order valence-electron chi connectivity index (χ4n) is 1.05. The van der Waals surface area contributed by atoms with Crippen LogP contribution in [0, 0.1) is 0 Å². The lowest BCUT2D eigenvalue weighted by Crippen LogP contribution is -1.94. The number of hydrogen-bond donors (Lipinski definition) is 0. The minimum absolute atomic E-state index is 0.389. The third kappa shape index (κ3) is 3.40. The summed E-state index contributed by atoms with van der Waals surface area (Å²) in [5.74, 6) is 0.310. The van der Waals surface area contributed by atoms with E-state index in [9.17, 15) is 4.79 Å². The Bertz CT molecular complexity index is 385. The van der Waals surface area contributed by atoms with Gasteiger partial charge >= 0.3 is 5.97 Å². The highest BCUT2D eigenvalue weighted by molar-refractivity contribution is 9.10. The van der Waals surface area contributed by atoms with Crippen molar-refractivity contribution in [2.75, 3.05) is 14.2 Å². The molecule has 1 rings (SSSR count). The van der Waals surface area contributed by atoms with Gasteiger partial charge in [0, 0.05) is 16.1 Å². The molecule has 0 radical (unpaired) electrons. The number of benzene rings is 1. The monoisotopic (exact) mass is 270 g/mol. The van der Waals surface area contributed by atoms with Crippen LogP contribution in [0.5, 0.6) is 5.75 Å². The maximum atomic E-state index is 10.9. The van der Waals surface area contributed by atoms with Crippen LogP contribution in [-0.4, -0.2) is 20.2 Å². The van der Waals surface area contributed by atoms with Gasteiger partial charge in [-0.05, 0) is 18.2 Å². The van der Waals surface area contributed by atoms with E-state index in [0.717, 1.165) is 10.0 Å². The highest BCUT2D eigenvalue weighted by Crippen LogP contribution is 2.24. The third-order valence-corrected chi connectivity index (χ3v) is 2.29. The molecule has 0 aliphatic rings. The number of rotatable bonds is 3. The van der Waals surface area contributed by atoms with E-state index >= 15 is 0 Å². The summed E-state index contributed by atoms with van der Waals surface area (Å²) in [5.41, 5.74) is 0.825. The van der Waals surface area contributed by atoms with Crippen molar-refractivity contribution in [1.82, 2.24) is 0 Å². The zero-order chi connectivity index (χ0) is 11.3. The summed E-state index contributed by atoms with van der Waals surface area (Å²) in [4.78, 5) is 10.9. The molecule has 4 heteroatoms. The second-order valence-corrected chi connectivity index (χ2v) is 3.66. The molecule has 0 amide bonds. The Morgan fingerprint density at radius 2 is 2.13 bits per heavy atom. The van der Waals surface area contributed by atoms with Gasteiger partial charge in [0.25, 0.3) is 0 Å². The van der Waals surface area contributed by atoms with E-state index in [-0.39, 0.29) is 5.97 Å². The lowest BCUT2D eigenvalue weighted by Gasteiger charge is -2.04. The number of methoxy groups -OCH3 is 2. The molecule has 0 atom stereocenters. The Labute approximate surface area is 96.8 Å². The maximum Gasteiger partial charge on any atom is 0.330 e. The van der Waals surface area contributed by atoms with Gasteiger partial charge in [-0.25, -0.2) is 4.79 Å². The van der Waals surface area contributed by atoms with Gasteiger partial charge in [-0.3, -0.25) is 0 Å². The van der Waals surface area contributed by atoms with E-state index in [0.29, 0.717) is 5.75 Å². The van der Waals surface area contributed by atoms with E-state index in [1.165, 1.54) is 13.2 Å². The molecule has 80 valence electrons. The van der Waals surface area contributed by atoms with Crippen molar-refractivity contribution in [3.05, 3.63) is 34.3 Å². The largest absolute Gasteiger partial charge is 0.496 e. The number of carbonyl (C=O) groups excluding carboxylic acids is 1. The van der Waals surface area contributed by atoms with Crippen LogP contribution < -0.4 is 4.74 Å². The van der Waals surface area contributed by atoms with Gasteiger partial charge in [-0.2, -0.15) is 0 Å². The van der Waals surface area contributed by atoms with Gasteiger partial charge < -0.3 is 9.47 Å². The molecule has 1 aromatic carbocycles. The molecule has 0 saturated carbocycles. The molecule has 0 unspecified atom stereocenters. The summed E-state index contributed by atoms with van der Waals surface area (Å²) >= 11 is 3.34. The zero-order valence-electron chi connectivity index (χ0n) is 8.49. The number of carbonyl (C=O) groups is 1. The van der Waals surface area contributed by atoms with Gasteiger partial charge in [0.1, 0.15) is 5.75 Å². The van der Waals surface area contributed by atoms with Crippen molar-refractivity contribution in [2.45, 2.75) is 0 Å². The molecular formula is C11H11BrO3. The summed E-state index contributed by atoms with van der Waals surface area (Å²) < 4.78 is 10.6. The van der Waals surface area contributed by atoms with Gasteiger partial charge in [-0.15, -0.1) is 0 Å². The lowest BCUT2D eigenvalue weighted by molar-refractivity contribution is -0.134. The predicted octanol–water partition coefficient (Wildman–Crippen LogP) is 2.64. The Balaban J connectivity index is 2.94. The quantitative estimate of drug-likeness (QED) is 0.626. The zero-order valence-corrected chi connectivity index (χ0v) is 10.1. The summed E-state index contributed by atoms with van der Waals surface area (Å²) in [6.07, 6.45) is 3.00. The summed E-state index contributed by atoms with van der Waals surface area (Å²) in [7, 11) is 2.92. The standard InChI is InChI=1S/C11H11BrO3/c1-14-10-7-9(12)5-3-8(10)4-6-11(13)15-2/h3-7H,1-2H3. The average molecular weight is 271 g/mol. The number of ether oxygens (including phenoxy) is 2. The van der Waals surface area contributed by atoms with Crippen LogP contribution in [0.4, 0.5) is 0 Å². The van der Waals surface area contributed by atoms with Gasteiger partial charge in [0.2, 0.25) is 0 Å². The first-order chi connectivity index (χ1) is 7.17. The lowest BCUT2D eigenvalue weighted by atomic mass is 10.2. The minimum atomic E-state index is -0.389. The molecule has 0 N–H and O–H groups in total. The van der Waals surface area contributed by atoms with Gasteiger partial charge in [0.05, 0.1) is 14.2 Å². The maximum absolute atomic E-state index is 10.9. The Hall–Kier alpha value is -1.29. The van der Waals surface area contributed by atoms with Gasteiger partial charge in [0.15, 0.2) is 0 Å². The molecule has 15 heavy (non-hydrogen) atoms. The van der Waals surface area contributed by atoms with Crippen LogP contribution >= 0.6 is 15.9 Å². The smallest absolute Gasteiger partial charge is 0.330 e. The van der Waals surface area contributed by atoms with E-state index < -0.39 is 0 Å². The van der Waals surface area contributed by atoms with Crippen LogP contribution in [0.3, 0.4) is 0 Å². The van der Waals surface area contributed by atoms with Crippen LogP contribution in [0.2, 0.25) is 0 Å². The second-order valence-electron chi connectivity index (χ2n) is 2.74. The van der Waals surface area contributed by atoms with Crippen LogP contribution in [0.1, 0.15) is 5.56 Å². The van der Waals surface area contributed by atoms with Crippen molar-refractivity contribution >= 4 is 28.0 Å². The van der Waals surface area contributed by atoms with Crippen LogP contribution in [-0.2, 0) is 9.53 Å². The Kier molecular flexibility index (Phi) is 4.37. The van der Waals surface area contributed by atoms with E-state index in [1.807, 2.05) is 18.2 Å². The van der Waals surface area contributed by atoms with Crippen molar-refractivity contribution in [3.63, 3.8) is 0 Å². The molecule has 0 aliphatic heterocycles. The van der Waals surface area contributed by atoms with E-state index in [2.05, 4.69) is 20.7 Å². The summed E-state index contributed by atoms with van der Waals surface area (Å²) in [6.45, 7) is 0. The molecule has 0 aliphatic carbocycles. The highest BCUT2D eigenvalue weighted by Gasteiger charge is 2.00. The fourth-order valence-corrected chi connectivity index (χ4v) is 1.39. The summed E-state index contributed by atoms with van der Waals surface area (Å²) in [5, 5.41) is 0. The van der Waals surface area contributed by atoms with Crippen molar-refractivity contribution in [1.29, 1.82) is 0 Å². The molecule has 0 bridgehead atoms. The van der Waals surface area contributed by atoms with Crippen molar-refractivity contribution in [3.8, 4) is 5.75 Å². The predicted molar refractivity (Wildman–Crippen MR) is 61.7 cm³/mol. The minimum Gasteiger partial charge on any atom is -0.496 e. The van der Waals surface area contributed by atoms with Crippen molar-refractivity contribution < 1.29 is 14.3 Å². The van der Waals surface area contributed by atoms with Crippen LogP contribution in [0.25, 0.3) is 6.08 Å². The molecule has 0 saturated heterocycles. The molecule has 0 aromatic heterocycles. The molecule has 3 nitrogen and oxygen atoms in total. The molecule has 0 fully saturated rings. The second kappa shape index (κ2) is 5.56. The molecule has 0 spiro atoms. The number of esters is 1. The van der Waals surface area contributed by atoms with E-state index in [4.69, 9.17) is 4.74 Å². The number of hydrogen-bond acceptors (Lipinski definition) is 3. The molecular weight excluding hydrogens is 260 g/mol. The first kappa shape index (κ1) is 11.8. The average Bonchev–Trinajstić information content (AvgIpc) is 2.26. The summed E-state index contributed by atoms with van der Waals surface area (Å²) in [6, 6.07) is 5.55. The Morgan fingerprint density at radius 3 is 2.73 bits per heavy atom. The van der Waals surface area contributed by atoms with Gasteiger partial charge in [-0.1, -0.05) is 22.0 Å². The van der Waals surface area contributed by atoms with Crippen LogP contribution in [0.15, 0.2) is 28.7 Å². The molecule has 1 aromatic rings. The molecule has 0 heterocycles. The SMILES string of the molecule is COC(=O)C=Cc1ccc(Br)cc1OC. The normalized spacial score (nSPS) is 10.3. The highest BCUT2D eigenvalue weighted by atomic mass is 79.9. The first-order valence-electron chi connectivity index (χ1n) is 4.27.